The number of ketones is 1. The lowest BCUT2D eigenvalue weighted by atomic mass is 9.49. The maximum absolute atomic E-state index is 13.5. The van der Waals surface area contributed by atoms with Gasteiger partial charge in [-0.05, 0) is 79.3 Å². The standard InChI is InChI=1S/C36H35N3O4/c1-37-27-11-8-25(9-12-27)24-6-4-22(5-7-24)15-18-38-34(41)28-13-10-26-20-30-36(42)16-14-29(40)33-35(36,31(26)32(28)43-33)17-19-39(30)21-23-2-3-23/h4-13,23,30,33,42H,2-3,14-21H2,(H,38,41)/t30-,33+,35+,36-/m1/s1. The Morgan fingerprint density at radius 3 is 2.51 bits per heavy atom. The van der Waals surface area contributed by atoms with Gasteiger partial charge in [-0.15, -0.1) is 0 Å². The van der Waals surface area contributed by atoms with Gasteiger partial charge >= 0.3 is 0 Å². The zero-order chi connectivity index (χ0) is 29.3. The highest BCUT2D eigenvalue weighted by atomic mass is 16.5. The fraction of sp³-hybridized carbons (Fsp3) is 0.417. The first-order valence-corrected chi connectivity index (χ1v) is 15.6. The number of likely N-dealkylation sites (tertiary alicyclic amines) is 1. The van der Waals surface area contributed by atoms with E-state index in [0.29, 0.717) is 49.2 Å². The monoisotopic (exact) mass is 573 g/mol. The van der Waals surface area contributed by atoms with Crippen molar-refractivity contribution in [2.45, 2.75) is 68.1 Å². The second-order valence-electron chi connectivity index (χ2n) is 13.1. The highest BCUT2D eigenvalue weighted by Gasteiger charge is 2.73. The number of carbonyl (C=O) groups excluding carboxylic acids is 2. The summed E-state index contributed by atoms with van der Waals surface area (Å²) in [5.74, 6) is 1.06. The van der Waals surface area contributed by atoms with Gasteiger partial charge in [-0.25, -0.2) is 4.85 Å². The Balaban J connectivity index is 1.02. The molecule has 2 saturated carbocycles. The minimum atomic E-state index is -1.03. The summed E-state index contributed by atoms with van der Waals surface area (Å²) in [5.41, 5.74) is 4.55. The Bertz CT molecular complexity index is 1670. The quantitative estimate of drug-likeness (QED) is 0.389. The van der Waals surface area contributed by atoms with Crippen LogP contribution in [0.5, 0.6) is 5.75 Å². The van der Waals surface area contributed by atoms with Gasteiger partial charge in [0.05, 0.1) is 23.2 Å². The Kier molecular flexibility index (Phi) is 6.05. The van der Waals surface area contributed by atoms with Gasteiger partial charge in [-0.1, -0.05) is 54.6 Å². The predicted molar refractivity (Wildman–Crippen MR) is 162 cm³/mol. The number of nitrogens with zero attached hydrogens (tertiary/aromatic N) is 2. The summed E-state index contributed by atoms with van der Waals surface area (Å²) in [6.45, 7) is 9.45. The third-order valence-electron chi connectivity index (χ3n) is 10.8. The average Bonchev–Trinajstić information content (AvgIpc) is 3.77. The van der Waals surface area contributed by atoms with Crippen molar-refractivity contribution < 1.29 is 19.4 Å². The first kappa shape index (κ1) is 26.6. The van der Waals surface area contributed by atoms with Crippen LogP contribution in [0.1, 0.15) is 59.2 Å². The van der Waals surface area contributed by atoms with E-state index < -0.39 is 17.1 Å². The molecule has 43 heavy (non-hydrogen) atoms. The van der Waals surface area contributed by atoms with Crippen LogP contribution in [0, 0.1) is 12.5 Å². The molecule has 2 bridgehead atoms. The molecule has 218 valence electrons. The van der Waals surface area contributed by atoms with Crippen molar-refractivity contribution in [1.82, 2.24) is 10.2 Å². The largest absolute Gasteiger partial charge is 0.480 e. The van der Waals surface area contributed by atoms with E-state index in [1.54, 1.807) is 0 Å². The van der Waals surface area contributed by atoms with Gasteiger partial charge in [0.1, 0.15) is 5.75 Å². The molecule has 0 aromatic heterocycles. The molecular formula is C36H35N3O4. The van der Waals surface area contributed by atoms with Gasteiger partial charge in [0.2, 0.25) is 0 Å². The molecule has 2 N–H and O–H groups in total. The number of aliphatic hydroxyl groups is 1. The molecule has 3 aromatic carbocycles. The van der Waals surface area contributed by atoms with Crippen molar-refractivity contribution in [3.05, 3.63) is 94.3 Å². The number of Topliss-reactive ketones (excluding diaryl/α,β-unsaturated/α-hetero) is 1. The number of piperidine rings is 1. The van der Waals surface area contributed by atoms with Gasteiger partial charge in [0.25, 0.3) is 5.91 Å². The zero-order valence-corrected chi connectivity index (χ0v) is 24.1. The van der Waals surface area contributed by atoms with Crippen molar-refractivity contribution in [2.75, 3.05) is 19.6 Å². The number of hydrogen-bond donors (Lipinski definition) is 2. The Labute approximate surface area is 251 Å². The van der Waals surface area contributed by atoms with E-state index in [0.717, 1.165) is 53.2 Å². The first-order chi connectivity index (χ1) is 20.9. The summed E-state index contributed by atoms with van der Waals surface area (Å²) >= 11 is 0. The molecule has 0 radical (unpaired) electrons. The van der Waals surface area contributed by atoms with E-state index in [2.05, 4.69) is 39.3 Å². The van der Waals surface area contributed by atoms with Crippen LogP contribution in [0.4, 0.5) is 5.69 Å². The van der Waals surface area contributed by atoms with Crippen molar-refractivity contribution in [2.24, 2.45) is 5.92 Å². The molecule has 4 atom stereocenters. The normalized spacial score (nSPS) is 28.5. The third-order valence-corrected chi connectivity index (χ3v) is 10.8. The van der Waals surface area contributed by atoms with Crippen LogP contribution in [0.15, 0.2) is 60.7 Å². The Hall–Kier alpha value is -3.99. The predicted octanol–water partition coefficient (Wildman–Crippen LogP) is 5.01. The van der Waals surface area contributed by atoms with E-state index in [1.807, 2.05) is 36.4 Å². The number of hydrogen-bond acceptors (Lipinski definition) is 5. The van der Waals surface area contributed by atoms with E-state index >= 15 is 0 Å². The summed E-state index contributed by atoms with van der Waals surface area (Å²) in [5, 5.41) is 15.5. The smallest absolute Gasteiger partial charge is 0.255 e. The van der Waals surface area contributed by atoms with Gasteiger partial charge in [0.15, 0.2) is 17.6 Å². The molecule has 0 unspecified atom stereocenters. The molecule has 1 saturated heterocycles. The van der Waals surface area contributed by atoms with E-state index in [4.69, 9.17) is 11.3 Å². The van der Waals surface area contributed by atoms with Crippen LogP contribution < -0.4 is 10.1 Å². The molecule has 7 nitrogen and oxygen atoms in total. The second-order valence-corrected chi connectivity index (χ2v) is 13.1. The molecule has 2 aliphatic heterocycles. The molecule has 1 spiro atoms. The van der Waals surface area contributed by atoms with Gasteiger partial charge < -0.3 is 15.2 Å². The van der Waals surface area contributed by atoms with Crippen LogP contribution >= 0.6 is 0 Å². The number of ether oxygens (including phenoxy) is 1. The minimum absolute atomic E-state index is 0.0244. The number of rotatable bonds is 7. The van der Waals surface area contributed by atoms with Gasteiger partial charge in [-0.2, -0.15) is 0 Å². The van der Waals surface area contributed by atoms with Crippen molar-refractivity contribution in [3.63, 3.8) is 0 Å². The van der Waals surface area contributed by atoms with Crippen molar-refractivity contribution >= 4 is 17.4 Å². The molecule has 7 heteroatoms. The molecule has 3 aliphatic carbocycles. The van der Waals surface area contributed by atoms with Crippen LogP contribution in [0.25, 0.3) is 16.0 Å². The van der Waals surface area contributed by atoms with Gasteiger partial charge in [-0.3, -0.25) is 14.5 Å². The third kappa shape index (κ3) is 4.00. The molecule has 1 amide bonds. The Morgan fingerprint density at radius 1 is 1.05 bits per heavy atom. The number of benzene rings is 3. The van der Waals surface area contributed by atoms with Crippen molar-refractivity contribution in [1.29, 1.82) is 0 Å². The van der Waals surface area contributed by atoms with Crippen LogP contribution in [0.3, 0.4) is 0 Å². The molecule has 5 aliphatic rings. The number of nitrogens with one attached hydrogen (secondary N) is 1. The second kappa shape index (κ2) is 9.77. The maximum atomic E-state index is 13.5. The highest BCUT2D eigenvalue weighted by Crippen LogP contribution is 2.64. The highest BCUT2D eigenvalue weighted by molar-refractivity contribution is 5.99. The van der Waals surface area contributed by atoms with E-state index in [-0.39, 0.29) is 17.7 Å². The Morgan fingerprint density at radius 2 is 1.79 bits per heavy atom. The summed E-state index contributed by atoms with van der Waals surface area (Å²) in [4.78, 5) is 32.8. The minimum Gasteiger partial charge on any atom is -0.480 e. The summed E-state index contributed by atoms with van der Waals surface area (Å²) < 4.78 is 6.47. The first-order valence-electron chi connectivity index (χ1n) is 15.6. The fourth-order valence-electron chi connectivity index (χ4n) is 8.46. The lowest BCUT2D eigenvalue weighted by molar-refractivity contribution is -0.188. The van der Waals surface area contributed by atoms with Crippen LogP contribution in [-0.4, -0.2) is 59.1 Å². The maximum Gasteiger partial charge on any atom is 0.255 e. The topological polar surface area (TPSA) is 83.2 Å². The lowest BCUT2D eigenvalue weighted by Crippen LogP contribution is -2.76. The SMILES string of the molecule is [C-]#[N+]c1ccc(-c2ccc(CCNC(=O)c3ccc4c5c3O[C@H]3C(=O)CC[C@@]6(O)[C@@H](C4)N(CC4CC4)CC[C@]536)cc2)cc1. The molecule has 3 aromatic rings. The molecule has 8 rings (SSSR count). The summed E-state index contributed by atoms with van der Waals surface area (Å²) in [6.07, 6.45) is 4.64. The lowest BCUT2D eigenvalue weighted by Gasteiger charge is -2.62. The zero-order valence-electron chi connectivity index (χ0n) is 24.1. The van der Waals surface area contributed by atoms with Crippen molar-refractivity contribution in [3.8, 4) is 16.9 Å². The van der Waals surface area contributed by atoms with Gasteiger partial charge in [0, 0.05) is 31.1 Å². The van der Waals surface area contributed by atoms with Crippen LogP contribution in [-0.2, 0) is 23.1 Å². The number of carbonyl (C=O) groups is 2. The fourth-order valence-corrected chi connectivity index (χ4v) is 8.46. The van der Waals surface area contributed by atoms with Crippen LogP contribution in [0.2, 0.25) is 0 Å². The summed E-state index contributed by atoms with van der Waals surface area (Å²) in [6, 6.07) is 19.7. The summed E-state index contributed by atoms with van der Waals surface area (Å²) in [7, 11) is 0. The molecule has 3 fully saturated rings. The molecular weight excluding hydrogens is 538 g/mol. The number of amides is 1. The van der Waals surface area contributed by atoms with E-state index in [1.165, 1.54) is 12.8 Å². The average molecular weight is 574 g/mol. The van der Waals surface area contributed by atoms with E-state index in [9.17, 15) is 14.7 Å². The molecule has 2 heterocycles.